The number of allylic oxidation sites excluding steroid dienone is 1. The number of nitrogens with one attached hydrogen (secondary N) is 1. The van der Waals surface area contributed by atoms with Crippen LogP contribution >= 0.6 is 11.7 Å². The van der Waals surface area contributed by atoms with Crippen molar-refractivity contribution in [2.75, 3.05) is 5.32 Å². The van der Waals surface area contributed by atoms with Gasteiger partial charge in [0.25, 0.3) is 0 Å². The molecule has 0 spiro atoms. The molecule has 1 amide bonds. The number of aromatic nitrogens is 2. The van der Waals surface area contributed by atoms with Crippen molar-refractivity contribution >= 4 is 34.4 Å². The van der Waals surface area contributed by atoms with Crippen LogP contribution in [0.1, 0.15) is 6.92 Å². The summed E-state index contributed by atoms with van der Waals surface area (Å²) >= 11 is 1.14. The lowest BCUT2D eigenvalue weighted by Gasteiger charge is -2.01. The van der Waals surface area contributed by atoms with Crippen LogP contribution in [0.25, 0.3) is 11.0 Å². The Morgan fingerprint density at radius 2 is 2.33 bits per heavy atom. The first-order valence-corrected chi connectivity index (χ1v) is 5.19. The van der Waals surface area contributed by atoms with Gasteiger partial charge in [-0.3, -0.25) is 4.79 Å². The van der Waals surface area contributed by atoms with Gasteiger partial charge in [-0.15, -0.1) is 0 Å². The molecule has 0 bridgehead atoms. The first-order chi connectivity index (χ1) is 7.31. The summed E-state index contributed by atoms with van der Waals surface area (Å²) in [5, 5.41) is 2.75. The fourth-order valence-electron chi connectivity index (χ4n) is 1.23. The van der Waals surface area contributed by atoms with Gasteiger partial charge in [-0.2, -0.15) is 8.75 Å². The lowest BCUT2D eigenvalue weighted by atomic mass is 10.2. The third-order valence-corrected chi connectivity index (χ3v) is 2.40. The summed E-state index contributed by atoms with van der Waals surface area (Å²) in [7, 11) is 0. The number of hydrogen-bond acceptors (Lipinski definition) is 4. The molecule has 0 aliphatic carbocycles. The van der Waals surface area contributed by atoms with E-state index in [0.29, 0.717) is 5.69 Å². The molecule has 0 unspecified atom stereocenters. The van der Waals surface area contributed by atoms with Crippen molar-refractivity contribution in [2.45, 2.75) is 6.92 Å². The second kappa shape index (κ2) is 4.18. The molecular weight excluding hydrogens is 210 g/mol. The lowest BCUT2D eigenvalue weighted by Crippen LogP contribution is -2.07. The highest BCUT2D eigenvalue weighted by molar-refractivity contribution is 7.00. The van der Waals surface area contributed by atoms with Gasteiger partial charge in [0.05, 0.1) is 17.4 Å². The van der Waals surface area contributed by atoms with Crippen molar-refractivity contribution in [3.05, 3.63) is 30.4 Å². The Labute approximate surface area is 91.0 Å². The molecule has 1 N–H and O–H groups in total. The van der Waals surface area contributed by atoms with Crippen molar-refractivity contribution < 1.29 is 4.79 Å². The number of carbonyl (C=O) groups excluding carboxylic acids is 1. The largest absolute Gasteiger partial charge is 0.321 e. The van der Waals surface area contributed by atoms with Crippen LogP contribution in [0.15, 0.2) is 30.4 Å². The van der Waals surface area contributed by atoms with E-state index in [2.05, 4.69) is 14.1 Å². The van der Waals surface area contributed by atoms with E-state index < -0.39 is 0 Å². The normalized spacial score (nSPS) is 11.0. The van der Waals surface area contributed by atoms with Crippen LogP contribution in [-0.2, 0) is 4.79 Å². The molecular formula is C10H9N3OS. The van der Waals surface area contributed by atoms with Crippen LogP contribution in [0, 0.1) is 0 Å². The maximum Gasteiger partial charge on any atom is 0.248 e. The highest BCUT2D eigenvalue weighted by atomic mass is 32.1. The topological polar surface area (TPSA) is 54.9 Å². The Hall–Kier alpha value is -1.75. The number of anilines is 1. The van der Waals surface area contributed by atoms with Crippen LogP contribution in [0.3, 0.4) is 0 Å². The van der Waals surface area contributed by atoms with E-state index in [9.17, 15) is 4.79 Å². The summed E-state index contributed by atoms with van der Waals surface area (Å²) in [4.78, 5) is 11.3. The predicted octanol–water partition coefficient (Wildman–Crippen LogP) is 2.21. The average Bonchev–Trinajstić information content (AvgIpc) is 2.67. The van der Waals surface area contributed by atoms with Gasteiger partial charge < -0.3 is 5.32 Å². The third kappa shape index (κ3) is 2.02. The Morgan fingerprint density at radius 3 is 3.13 bits per heavy atom. The van der Waals surface area contributed by atoms with E-state index >= 15 is 0 Å². The standard InChI is InChI=1S/C10H9N3OS/c1-2-4-9(14)11-7-5-3-6-8-10(7)13-15-12-8/h2-6H,1H3,(H,11,14)/b4-2+. The predicted molar refractivity (Wildman–Crippen MR) is 60.9 cm³/mol. The molecule has 0 saturated carbocycles. The smallest absolute Gasteiger partial charge is 0.248 e. The number of hydrogen-bond donors (Lipinski definition) is 1. The number of amides is 1. The Kier molecular flexibility index (Phi) is 2.73. The molecule has 0 fully saturated rings. The van der Waals surface area contributed by atoms with Gasteiger partial charge in [0.1, 0.15) is 11.0 Å². The first-order valence-electron chi connectivity index (χ1n) is 4.46. The van der Waals surface area contributed by atoms with Crippen molar-refractivity contribution in [3.63, 3.8) is 0 Å². The monoisotopic (exact) mass is 219 g/mol. The van der Waals surface area contributed by atoms with Gasteiger partial charge in [0.2, 0.25) is 5.91 Å². The quantitative estimate of drug-likeness (QED) is 0.788. The fourth-order valence-corrected chi connectivity index (χ4v) is 1.78. The molecule has 1 aromatic carbocycles. The van der Waals surface area contributed by atoms with Crippen LogP contribution in [0.2, 0.25) is 0 Å². The molecule has 4 nitrogen and oxygen atoms in total. The van der Waals surface area contributed by atoms with Crippen molar-refractivity contribution in [1.82, 2.24) is 8.75 Å². The van der Waals surface area contributed by atoms with E-state index in [4.69, 9.17) is 0 Å². The second-order valence-electron chi connectivity index (χ2n) is 2.93. The fraction of sp³-hybridized carbons (Fsp3) is 0.100. The maximum atomic E-state index is 11.3. The molecule has 0 aliphatic rings. The Balaban J connectivity index is 2.35. The van der Waals surface area contributed by atoms with Crippen LogP contribution < -0.4 is 5.32 Å². The van der Waals surface area contributed by atoms with Gasteiger partial charge >= 0.3 is 0 Å². The summed E-state index contributed by atoms with van der Waals surface area (Å²) < 4.78 is 8.22. The molecule has 15 heavy (non-hydrogen) atoms. The van der Waals surface area contributed by atoms with Gasteiger partial charge in [-0.25, -0.2) is 0 Å². The van der Waals surface area contributed by atoms with Crippen LogP contribution in [-0.4, -0.2) is 14.7 Å². The second-order valence-corrected chi connectivity index (χ2v) is 3.46. The molecule has 2 rings (SSSR count). The van der Waals surface area contributed by atoms with E-state index in [1.807, 2.05) is 18.2 Å². The number of rotatable bonds is 2. The molecule has 2 aromatic rings. The molecule has 76 valence electrons. The molecule has 0 atom stereocenters. The molecule has 5 heteroatoms. The lowest BCUT2D eigenvalue weighted by molar-refractivity contribution is -0.111. The van der Waals surface area contributed by atoms with Gasteiger partial charge in [0, 0.05) is 0 Å². The summed E-state index contributed by atoms with van der Waals surface area (Å²) in [5.41, 5.74) is 2.24. The third-order valence-electron chi connectivity index (χ3n) is 1.86. The zero-order valence-electron chi connectivity index (χ0n) is 8.10. The zero-order valence-corrected chi connectivity index (χ0v) is 8.91. The van der Waals surface area contributed by atoms with Crippen molar-refractivity contribution in [1.29, 1.82) is 0 Å². The highest BCUT2D eigenvalue weighted by Gasteiger charge is 2.05. The molecule has 0 aliphatic heterocycles. The minimum atomic E-state index is -0.155. The number of fused-ring (bicyclic) bond motifs is 1. The SMILES string of the molecule is C/C=C/C(=O)Nc1cccc2nsnc12. The van der Waals surface area contributed by atoms with Crippen molar-refractivity contribution in [3.8, 4) is 0 Å². The average molecular weight is 219 g/mol. The molecule has 0 saturated heterocycles. The summed E-state index contributed by atoms with van der Waals surface area (Å²) in [6.07, 6.45) is 3.16. The van der Waals surface area contributed by atoms with E-state index in [1.54, 1.807) is 13.0 Å². The van der Waals surface area contributed by atoms with Gasteiger partial charge in [-0.1, -0.05) is 12.1 Å². The van der Waals surface area contributed by atoms with E-state index in [-0.39, 0.29) is 5.91 Å². The minimum Gasteiger partial charge on any atom is -0.321 e. The summed E-state index contributed by atoms with van der Waals surface area (Å²) in [6, 6.07) is 5.52. The Morgan fingerprint density at radius 1 is 1.47 bits per heavy atom. The maximum absolute atomic E-state index is 11.3. The highest BCUT2D eigenvalue weighted by Crippen LogP contribution is 2.20. The van der Waals surface area contributed by atoms with E-state index in [0.717, 1.165) is 22.8 Å². The molecule has 1 aromatic heterocycles. The number of carbonyl (C=O) groups is 1. The van der Waals surface area contributed by atoms with Crippen LogP contribution in [0.5, 0.6) is 0 Å². The minimum absolute atomic E-state index is 0.155. The van der Waals surface area contributed by atoms with Crippen LogP contribution in [0.4, 0.5) is 5.69 Å². The van der Waals surface area contributed by atoms with Crippen molar-refractivity contribution in [2.24, 2.45) is 0 Å². The van der Waals surface area contributed by atoms with Gasteiger partial charge in [0.15, 0.2) is 0 Å². The van der Waals surface area contributed by atoms with Gasteiger partial charge in [-0.05, 0) is 25.1 Å². The molecule has 0 radical (unpaired) electrons. The van der Waals surface area contributed by atoms with E-state index in [1.165, 1.54) is 6.08 Å². The summed E-state index contributed by atoms with van der Waals surface area (Å²) in [5.74, 6) is -0.155. The zero-order chi connectivity index (χ0) is 10.7. The summed E-state index contributed by atoms with van der Waals surface area (Å²) in [6.45, 7) is 1.80. The number of nitrogens with zero attached hydrogens (tertiary/aromatic N) is 2. The molecule has 1 heterocycles. The number of benzene rings is 1. The Bertz CT molecular complexity index is 518. The first kappa shape index (κ1) is 9.79.